The summed E-state index contributed by atoms with van der Waals surface area (Å²) in [5, 5.41) is 16.5. The van der Waals surface area contributed by atoms with E-state index in [9.17, 15) is 5.11 Å². The second-order valence-corrected chi connectivity index (χ2v) is 6.71. The number of aliphatic hydroxyl groups excluding tert-OH is 1. The van der Waals surface area contributed by atoms with Crippen molar-refractivity contribution < 1.29 is 5.11 Å². The molecule has 5 N–H and O–H groups in total. The average Bonchev–Trinajstić information content (AvgIpc) is 2.64. The van der Waals surface area contributed by atoms with Crippen molar-refractivity contribution in [2.24, 2.45) is 0 Å². The number of unbranched alkanes of at least 4 members (excludes halogenated alkanes) is 1. The van der Waals surface area contributed by atoms with Crippen LogP contribution in [0, 0.1) is 0 Å². The van der Waals surface area contributed by atoms with Gasteiger partial charge in [-0.25, -0.2) is 15.0 Å². The Balaban J connectivity index is 1.84. The van der Waals surface area contributed by atoms with Crippen LogP contribution in [0.4, 0.5) is 17.6 Å². The van der Waals surface area contributed by atoms with E-state index >= 15 is 0 Å². The van der Waals surface area contributed by atoms with Gasteiger partial charge in [-0.05, 0) is 32.1 Å². The first kappa shape index (κ1) is 18.3. The topological polar surface area (TPSA) is 122 Å². The first-order valence-corrected chi connectivity index (χ1v) is 9.29. The number of aromatic nitrogens is 4. The Labute approximate surface area is 153 Å². The molecular weight excluding hydrogens is 330 g/mol. The van der Waals surface area contributed by atoms with Crippen LogP contribution in [0.1, 0.15) is 45.4 Å². The Morgan fingerprint density at radius 3 is 2.73 bits per heavy atom. The largest absolute Gasteiger partial charge is 0.393 e. The molecule has 0 radical (unpaired) electrons. The number of nitrogens with zero attached hydrogens (tertiary/aromatic N) is 4. The molecule has 26 heavy (non-hydrogen) atoms. The van der Waals surface area contributed by atoms with Crippen LogP contribution >= 0.6 is 0 Å². The lowest BCUT2D eigenvalue weighted by molar-refractivity contribution is 0.126. The molecule has 0 unspecified atom stereocenters. The van der Waals surface area contributed by atoms with Gasteiger partial charge in [-0.2, -0.15) is 4.98 Å². The van der Waals surface area contributed by atoms with Crippen LogP contribution in [0.2, 0.25) is 0 Å². The number of rotatable bonds is 7. The number of nitrogen functional groups attached to an aromatic ring is 1. The van der Waals surface area contributed by atoms with Crippen LogP contribution in [0.5, 0.6) is 0 Å². The lowest BCUT2D eigenvalue weighted by Crippen LogP contribution is -2.29. The van der Waals surface area contributed by atoms with Gasteiger partial charge in [-0.15, -0.1) is 0 Å². The highest BCUT2D eigenvalue weighted by atomic mass is 16.3. The highest BCUT2D eigenvalue weighted by Gasteiger charge is 2.21. The zero-order valence-electron chi connectivity index (χ0n) is 15.1. The van der Waals surface area contributed by atoms with Crippen molar-refractivity contribution in [1.29, 1.82) is 0 Å². The summed E-state index contributed by atoms with van der Waals surface area (Å²) in [7, 11) is 0. The molecule has 1 aliphatic rings. The minimum atomic E-state index is -0.189. The average molecular weight is 357 g/mol. The van der Waals surface area contributed by atoms with E-state index in [4.69, 9.17) is 5.73 Å². The van der Waals surface area contributed by atoms with E-state index in [-0.39, 0.29) is 12.1 Å². The summed E-state index contributed by atoms with van der Waals surface area (Å²) < 4.78 is 0. The van der Waals surface area contributed by atoms with Gasteiger partial charge in [0.05, 0.1) is 17.4 Å². The molecule has 140 valence electrons. The van der Waals surface area contributed by atoms with Gasteiger partial charge in [0.15, 0.2) is 0 Å². The number of nitrogens with two attached hydrogens (primary N) is 1. The summed E-state index contributed by atoms with van der Waals surface area (Å²) in [5.41, 5.74) is 7.29. The van der Waals surface area contributed by atoms with Crippen molar-refractivity contribution >= 4 is 17.6 Å². The fourth-order valence-corrected chi connectivity index (χ4v) is 3.07. The molecule has 8 nitrogen and oxygen atoms in total. The van der Waals surface area contributed by atoms with E-state index in [1.165, 1.54) is 6.33 Å². The maximum absolute atomic E-state index is 9.73. The lowest BCUT2D eigenvalue weighted by Gasteiger charge is -2.27. The Morgan fingerprint density at radius 2 is 2.00 bits per heavy atom. The normalized spacial score (nSPS) is 19.9. The van der Waals surface area contributed by atoms with Gasteiger partial charge in [0.25, 0.3) is 0 Å². The Bertz CT molecular complexity index is 716. The van der Waals surface area contributed by atoms with Crippen molar-refractivity contribution in [1.82, 2.24) is 19.9 Å². The highest BCUT2D eigenvalue weighted by Crippen LogP contribution is 2.29. The highest BCUT2D eigenvalue weighted by molar-refractivity contribution is 5.73. The Hall–Kier alpha value is -2.48. The minimum Gasteiger partial charge on any atom is -0.393 e. The zero-order valence-corrected chi connectivity index (χ0v) is 15.1. The standard InChI is InChI=1S/C18H27N7O/c1-2-3-8-20-18-21-10-14(15-9-16(19)23-11-22-15)17(25-18)24-12-4-6-13(26)7-5-12/h9-13,26H,2-8H2,1H3,(H2,19,22,23)(H2,20,21,24,25)/t12-,13-. The van der Waals surface area contributed by atoms with Crippen molar-refractivity contribution in [2.45, 2.75) is 57.6 Å². The molecule has 1 saturated carbocycles. The fraction of sp³-hybridized carbons (Fsp3) is 0.556. The smallest absolute Gasteiger partial charge is 0.224 e. The third-order valence-electron chi connectivity index (χ3n) is 4.60. The third-order valence-corrected chi connectivity index (χ3v) is 4.60. The van der Waals surface area contributed by atoms with Crippen molar-refractivity contribution in [3.8, 4) is 11.3 Å². The van der Waals surface area contributed by atoms with Crippen molar-refractivity contribution in [2.75, 3.05) is 22.9 Å². The number of nitrogens with one attached hydrogen (secondary N) is 2. The van der Waals surface area contributed by atoms with Crippen LogP contribution in [-0.2, 0) is 0 Å². The molecule has 0 aromatic carbocycles. The van der Waals surface area contributed by atoms with Gasteiger partial charge in [0.1, 0.15) is 18.0 Å². The summed E-state index contributed by atoms with van der Waals surface area (Å²) in [6.45, 7) is 2.99. The number of anilines is 3. The number of hydrogen-bond acceptors (Lipinski definition) is 8. The minimum absolute atomic E-state index is 0.189. The monoisotopic (exact) mass is 357 g/mol. The molecule has 0 atom stereocenters. The van der Waals surface area contributed by atoms with E-state index < -0.39 is 0 Å². The zero-order chi connectivity index (χ0) is 18.4. The molecule has 3 rings (SSSR count). The van der Waals surface area contributed by atoms with E-state index in [2.05, 4.69) is 37.5 Å². The molecule has 0 bridgehead atoms. The molecule has 2 heterocycles. The molecule has 1 aliphatic carbocycles. The summed E-state index contributed by atoms with van der Waals surface area (Å²) in [6.07, 6.45) is 8.63. The molecule has 0 aliphatic heterocycles. The van der Waals surface area contributed by atoms with Gasteiger partial charge in [0, 0.05) is 24.8 Å². The van der Waals surface area contributed by atoms with Gasteiger partial charge in [-0.3, -0.25) is 0 Å². The predicted molar refractivity (Wildman–Crippen MR) is 103 cm³/mol. The molecule has 2 aromatic heterocycles. The summed E-state index contributed by atoms with van der Waals surface area (Å²) in [4.78, 5) is 17.3. The first-order chi connectivity index (χ1) is 12.7. The molecule has 0 saturated heterocycles. The van der Waals surface area contributed by atoms with Crippen LogP contribution in [0.25, 0.3) is 11.3 Å². The number of hydrogen-bond donors (Lipinski definition) is 4. The molecule has 1 fully saturated rings. The maximum atomic E-state index is 9.73. The van der Waals surface area contributed by atoms with Crippen molar-refractivity contribution in [3.05, 3.63) is 18.6 Å². The van der Waals surface area contributed by atoms with Crippen molar-refractivity contribution in [3.63, 3.8) is 0 Å². The van der Waals surface area contributed by atoms with E-state index in [1.54, 1.807) is 12.3 Å². The second-order valence-electron chi connectivity index (χ2n) is 6.71. The Kier molecular flexibility index (Phi) is 6.17. The first-order valence-electron chi connectivity index (χ1n) is 9.29. The maximum Gasteiger partial charge on any atom is 0.224 e. The quantitative estimate of drug-likeness (QED) is 0.557. The fourth-order valence-electron chi connectivity index (χ4n) is 3.07. The SMILES string of the molecule is CCCCNc1ncc(-c2cc(N)ncn2)c(N[C@H]2CC[C@H](O)CC2)n1. The molecule has 0 amide bonds. The van der Waals surface area contributed by atoms with Gasteiger partial charge < -0.3 is 21.5 Å². The van der Waals surface area contributed by atoms with E-state index in [0.29, 0.717) is 17.5 Å². The molecule has 8 heteroatoms. The summed E-state index contributed by atoms with van der Waals surface area (Å²) in [5.74, 6) is 1.74. The second kappa shape index (κ2) is 8.75. The van der Waals surface area contributed by atoms with Gasteiger partial charge in [0.2, 0.25) is 5.95 Å². The van der Waals surface area contributed by atoms with Crippen LogP contribution in [0.3, 0.4) is 0 Å². The van der Waals surface area contributed by atoms with E-state index in [1.807, 2.05) is 0 Å². The van der Waals surface area contributed by atoms with Crippen LogP contribution in [0.15, 0.2) is 18.6 Å². The van der Waals surface area contributed by atoms with Gasteiger partial charge in [-0.1, -0.05) is 13.3 Å². The lowest BCUT2D eigenvalue weighted by atomic mass is 9.93. The van der Waals surface area contributed by atoms with Crippen LogP contribution < -0.4 is 16.4 Å². The van der Waals surface area contributed by atoms with Gasteiger partial charge >= 0.3 is 0 Å². The molecular formula is C18H27N7O. The predicted octanol–water partition coefficient (Wildman–Crippen LogP) is 2.44. The van der Waals surface area contributed by atoms with E-state index in [0.717, 1.165) is 56.5 Å². The molecule has 2 aromatic rings. The molecule has 0 spiro atoms. The van der Waals surface area contributed by atoms with Crippen LogP contribution in [-0.4, -0.2) is 43.7 Å². The summed E-state index contributed by atoms with van der Waals surface area (Å²) >= 11 is 0. The summed E-state index contributed by atoms with van der Waals surface area (Å²) in [6, 6.07) is 1.99. The Morgan fingerprint density at radius 1 is 1.19 bits per heavy atom. The third kappa shape index (κ3) is 4.78. The number of aliphatic hydroxyl groups is 1.